The van der Waals surface area contributed by atoms with Gasteiger partial charge in [0.25, 0.3) is 5.91 Å². The molecule has 10 heteroatoms. The minimum atomic E-state index is -3.84. The Morgan fingerprint density at radius 1 is 1.06 bits per heavy atom. The number of carbonyl (C=O) groups excluding carboxylic acids is 2. The number of rotatable bonds is 6. The predicted molar refractivity (Wildman–Crippen MR) is 117 cm³/mol. The van der Waals surface area contributed by atoms with Crippen LogP contribution in [0.1, 0.15) is 28.7 Å². The summed E-state index contributed by atoms with van der Waals surface area (Å²) in [6.45, 7) is 4.95. The number of anilines is 1. The van der Waals surface area contributed by atoms with Crippen molar-refractivity contribution < 1.29 is 27.1 Å². The van der Waals surface area contributed by atoms with Crippen LogP contribution in [0.3, 0.4) is 0 Å². The second-order valence-corrected chi connectivity index (χ2v) is 8.76. The molecule has 2 aromatic carbocycles. The maximum absolute atomic E-state index is 13.2. The Bertz CT molecular complexity index is 1270. The summed E-state index contributed by atoms with van der Waals surface area (Å²) in [7, 11) is -3.84. The summed E-state index contributed by atoms with van der Waals surface area (Å²) >= 11 is 0. The molecule has 0 saturated carbocycles. The number of esters is 1. The summed E-state index contributed by atoms with van der Waals surface area (Å²) in [6.07, 6.45) is -1.12. The average Bonchev–Trinajstić information content (AvgIpc) is 3.02. The molecule has 32 heavy (non-hydrogen) atoms. The molecule has 1 amide bonds. The van der Waals surface area contributed by atoms with Crippen LogP contribution in [-0.4, -0.2) is 31.0 Å². The molecule has 0 fully saturated rings. The number of nitrogens with one attached hydrogen (secondary N) is 1. The van der Waals surface area contributed by atoms with Crippen LogP contribution in [0.4, 0.5) is 10.1 Å². The van der Waals surface area contributed by atoms with Gasteiger partial charge < -0.3 is 14.6 Å². The van der Waals surface area contributed by atoms with E-state index < -0.39 is 28.0 Å². The van der Waals surface area contributed by atoms with E-state index in [0.717, 1.165) is 5.69 Å². The third kappa shape index (κ3) is 5.04. The molecule has 0 aliphatic heterocycles. The second kappa shape index (κ2) is 8.93. The topological polar surface area (TPSA) is 120 Å². The first kappa shape index (κ1) is 23.2. The number of aryl methyl sites for hydroxylation is 1. The molecule has 1 aromatic heterocycles. The van der Waals surface area contributed by atoms with Gasteiger partial charge in [0, 0.05) is 22.8 Å². The Morgan fingerprint density at radius 2 is 1.66 bits per heavy atom. The van der Waals surface area contributed by atoms with Crippen molar-refractivity contribution in [1.29, 1.82) is 0 Å². The highest BCUT2D eigenvalue weighted by Crippen LogP contribution is 2.22. The van der Waals surface area contributed by atoms with Crippen LogP contribution in [0, 0.1) is 19.7 Å². The molecule has 0 spiro atoms. The number of ether oxygens (including phenoxy) is 1. The molecule has 0 saturated heterocycles. The third-order valence-corrected chi connectivity index (χ3v) is 5.77. The second-order valence-electron chi connectivity index (χ2n) is 7.20. The summed E-state index contributed by atoms with van der Waals surface area (Å²) in [4.78, 5) is 25.0. The summed E-state index contributed by atoms with van der Waals surface area (Å²) in [6, 6.07) is 12.8. The zero-order valence-corrected chi connectivity index (χ0v) is 18.4. The largest absolute Gasteiger partial charge is 0.449 e. The van der Waals surface area contributed by atoms with Crippen LogP contribution in [0.25, 0.3) is 5.69 Å². The van der Waals surface area contributed by atoms with Gasteiger partial charge in [0.1, 0.15) is 5.82 Å². The lowest BCUT2D eigenvalue weighted by Crippen LogP contribution is -2.30. The molecule has 3 rings (SSSR count). The van der Waals surface area contributed by atoms with Crippen LogP contribution in [-0.2, 0) is 19.6 Å². The number of aromatic nitrogens is 1. The van der Waals surface area contributed by atoms with Crippen molar-refractivity contribution in [3.63, 3.8) is 0 Å². The molecule has 1 atom stereocenters. The van der Waals surface area contributed by atoms with E-state index in [1.165, 1.54) is 43.3 Å². The number of benzene rings is 2. The van der Waals surface area contributed by atoms with Gasteiger partial charge in [0.15, 0.2) is 6.10 Å². The molecular weight excluding hydrogens is 437 g/mol. The number of hydrogen-bond donors (Lipinski definition) is 2. The number of nitrogens with zero attached hydrogens (tertiary/aromatic N) is 1. The Balaban J connectivity index is 1.71. The number of nitrogens with two attached hydrogens (primary N) is 1. The fourth-order valence-electron chi connectivity index (χ4n) is 3.21. The fourth-order valence-corrected chi connectivity index (χ4v) is 3.72. The molecule has 0 aliphatic rings. The van der Waals surface area contributed by atoms with Gasteiger partial charge >= 0.3 is 5.97 Å². The summed E-state index contributed by atoms with van der Waals surface area (Å²) < 4.78 is 42.9. The predicted octanol–water partition coefficient (Wildman–Crippen LogP) is 3.06. The van der Waals surface area contributed by atoms with Crippen LogP contribution in [0.5, 0.6) is 0 Å². The van der Waals surface area contributed by atoms with Crippen LogP contribution in [0.2, 0.25) is 0 Å². The first-order valence-corrected chi connectivity index (χ1v) is 11.1. The maximum atomic E-state index is 13.2. The first-order chi connectivity index (χ1) is 15.0. The minimum absolute atomic E-state index is 0.0912. The number of primary sulfonamides is 1. The van der Waals surface area contributed by atoms with Crippen LogP contribution < -0.4 is 10.5 Å². The summed E-state index contributed by atoms with van der Waals surface area (Å²) in [5.74, 6) is -1.64. The summed E-state index contributed by atoms with van der Waals surface area (Å²) in [5, 5.41) is 7.59. The van der Waals surface area contributed by atoms with Gasteiger partial charge in [-0.1, -0.05) is 0 Å². The van der Waals surface area contributed by atoms with Gasteiger partial charge in [-0.15, -0.1) is 0 Å². The van der Waals surface area contributed by atoms with Crippen molar-refractivity contribution in [3.05, 3.63) is 77.4 Å². The number of sulfonamides is 1. The SMILES string of the molecule is Cc1cc(C(=O)O[C@@H](C)C(=O)Nc2ccc(S(N)(=O)=O)cc2)c(C)n1-c1ccc(F)cc1. The van der Waals surface area contributed by atoms with Gasteiger partial charge in [0.05, 0.1) is 10.5 Å². The smallest absolute Gasteiger partial charge is 0.340 e. The molecule has 0 radical (unpaired) electrons. The van der Waals surface area contributed by atoms with E-state index in [1.54, 1.807) is 36.6 Å². The van der Waals surface area contributed by atoms with E-state index in [-0.39, 0.29) is 16.3 Å². The van der Waals surface area contributed by atoms with E-state index in [4.69, 9.17) is 9.88 Å². The first-order valence-electron chi connectivity index (χ1n) is 9.57. The standard InChI is InChI=1S/C22H22FN3O5S/c1-13-12-20(14(2)26(13)18-8-4-16(23)5-9-18)22(28)31-15(3)21(27)25-17-6-10-19(11-7-17)32(24,29)30/h4-12,15H,1-3H3,(H,25,27)(H2,24,29,30)/t15-/m0/s1. The third-order valence-electron chi connectivity index (χ3n) is 4.84. The molecule has 0 aliphatic carbocycles. The van der Waals surface area contributed by atoms with E-state index in [2.05, 4.69) is 5.32 Å². The van der Waals surface area contributed by atoms with Crippen LogP contribution in [0.15, 0.2) is 59.5 Å². The number of carbonyl (C=O) groups is 2. The van der Waals surface area contributed by atoms with E-state index in [1.807, 2.05) is 0 Å². The molecule has 3 aromatic rings. The van der Waals surface area contributed by atoms with Crippen molar-refractivity contribution in [2.24, 2.45) is 5.14 Å². The van der Waals surface area contributed by atoms with Crippen LogP contribution >= 0.6 is 0 Å². The minimum Gasteiger partial charge on any atom is -0.449 e. The zero-order chi connectivity index (χ0) is 23.6. The molecule has 168 valence electrons. The van der Waals surface area contributed by atoms with Gasteiger partial charge in [-0.2, -0.15) is 0 Å². The lowest BCUT2D eigenvalue weighted by Gasteiger charge is -2.14. The van der Waals surface area contributed by atoms with Crippen molar-refractivity contribution in [1.82, 2.24) is 4.57 Å². The molecule has 8 nitrogen and oxygen atoms in total. The summed E-state index contributed by atoms with van der Waals surface area (Å²) in [5.41, 5.74) is 2.62. The highest BCUT2D eigenvalue weighted by atomic mass is 32.2. The molecule has 0 unspecified atom stereocenters. The highest BCUT2D eigenvalue weighted by molar-refractivity contribution is 7.89. The Labute approximate surface area is 184 Å². The molecular formula is C22H22FN3O5S. The normalized spacial score (nSPS) is 12.3. The van der Waals surface area contributed by atoms with Crippen molar-refractivity contribution in [2.45, 2.75) is 31.8 Å². The highest BCUT2D eigenvalue weighted by Gasteiger charge is 2.23. The monoisotopic (exact) mass is 459 g/mol. The van der Waals surface area contributed by atoms with Crippen molar-refractivity contribution >= 4 is 27.6 Å². The lowest BCUT2D eigenvalue weighted by atomic mass is 10.2. The lowest BCUT2D eigenvalue weighted by molar-refractivity contribution is -0.123. The number of hydrogen-bond acceptors (Lipinski definition) is 5. The fraction of sp³-hybridized carbons (Fsp3) is 0.182. The van der Waals surface area contributed by atoms with Gasteiger partial charge in [0.2, 0.25) is 10.0 Å². The van der Waals surface area contributed by atoms with Crippen molar-refractivity contribution in [2.75, 3.05) is 5.32 Å². The average molecular weight is 459 g/mol. The van der Waals surface area contributed by atoms with Gasteiger partial charge in [-0.25, -0.2) is 22.7 Å². The Kier molecular flexibility index (Phi) is 6.47. The molecule has 1 heterocycles. The van der Waals surface area contributed by atoms with E-state index in [0.29, 0.717) is 17.1 Å². The Hall–Kier alpha value is -3.50. The van der Waals surface area contributed by atoms with Crippen molar-refractivity contribution in [3.8, 4) is 5.69 Å². The Morgan fingerprint density at radius 3 is 2.22 bits per heavy atom. The molecule has 3 N–H and O–H groups in total. The number of halogens is 1. The zero-order valence-electron chi connectivity index (χ0n) is 17.6. The quantitative estimate of drug-likeness (QED) is 0.549. The van der Waals surface area contributed by atoms with E-state index >= 15 is 0 Å². The maximum Gasteiger partial charge on any atom is 0.340 e. The molecule has 0 bridgehead atoms. The van der Waals surface area contributed by atoms with Gasteiger partial charge in [-0.05, 0) is 75.4 Å². The van der Waals surface area contributed by atoms with Gasteiger partial charge in [-0.3, -0.25) is 4.79 Å². The number of amides is 1. The van der Waals surface area contributed by atoms with E-state index in [9.17, 15) is 22.4 Å².